The van der Waals surface area contributed by atoms with Gasteiger partial charge in [0.05, 0.1) is 0 Å². The van der Waals surface area contributed by atoms with Gasteiger partial charge in [-0.15, -0.1) is 11.3 Å². The number of hydrogen-bond donors (Lipinski definition) is 1. The van der Waals surface area contributed by atoms with Gasteiger partial charge in [-0.3, -0.25) is 0 Å². The number of aromatic nitrogens is 1. The van der Waals surface area contributed by atoms with Crippen molar-refractivity contribution >= 4 is 11.3 Å². The Morgan fingerprint density at radius 2 is 2.62 bits per heavy atom. The Hall–Kier alpha value is -0.450. The monoisotopic (exact) mass is 198 g/mol. The van der Waals surface area contributed by atoms with Crippen molar-refractivity contribution in [1.82, 2.24) is 4.98 Å². The van der Waals surface area contributed by atoms with E-state index in [9.17, 15) is 0 Å². The Kier molecular flexibility index (Phi) is 2.36. The second-order valence-corrected chi connectivity index (χ2v) is 4.56. The molecular weight excluding hydrogens is 184 g/mol. The number of thiazole rings is 1. The highest BCUT2D eigenvalue weighted by atomic mass is 32.1. The summed E-state index contributed by atoms with van der Waals surface area (Å²) in [5.74, 6) is 0. The van der Waals surface area contributed by atoms with Crippen LogP contribution in [0.15, 0.2) is 11.6 Å². The average molecular weight is 198 g/mol. The van der Waals surface area contributed by atoms with Gasteiger partial charge in [0.2, 0.25) is 0 Å². The summed E-state index contributed by atoms with van der Waals surface area (Å²) in [4.78, 5) is 4.28. The van der Waals surface area contributed by atoms with Crippen molar-refractivity contribution in [3.63, 3.8) is 0 Å². The smallest absolute Gasteiger partial charge is 0.124 e. The van der Waals surface area contributed by atoms with Crippen LogP contribution >= 0.6 is 11.3 Å². The van der Waals surface area contributed by atoms with Crippen LogP contribution in [0.3, 0.4) is 0 Å². The maximum absolute atomic E-state index is 5.91. The summed E-state index contributed by atoms with van der Waals surface area (Å²) in [5.41, 5.74) is 5.67. The van der Waals surface area contributed by atoms with E-state index in [-0.39, 0.29) is 11.6 Å². The number of nitrogens with zero attached hydrogens (tertiary/aromatic N) is 1. The van der Waals surface area contributed by atoms with Crippen molar-refractivity contribution in [2.24, 2.45) is 5.73 Å². The van der Waals surface area contributed by atoms with Gasteiger partial charge in [0, 0.05) is 24.2 Å². The lowest BCUT2D eigenvalue weighted by Gasteiger charge is -2.35. The molecule has 1 aliphatic rings. The van der Waals surface area contributed by atoms with Crippen molar-refractivity contribution in [3.8, 4) is 0 Å². The Morgan fingerprint density at radius 1 is 1.77 bits per heavy atom. The fourth-order valence-electron chi connectivity index (χ4n) is 1.73. The van der Waals surface area contributed by atoms with E-state index in [0.717, 1.165) is 24.5 Å². The van der Waals surface area contributed by atoms with Crippen molar-refractivity contribution in [2.45, 2.75) is 31.4 Å². The van der Waals surface area contributed by atoms with E-state index in [1.54, 1.807) is 11.3 Å². The molecule has 0 radical (unpaired) electrons. The molecule has 2 unspecified atom stereocenters. The van der Waals surface area contributed by atoms with E-state index < -0.39 is 0 Å². The predicted octanol–water partition coefficient (Wildman–Crippen LogP) is 1.50. The molecule has 2 N–H and O–H groups in total. The van der Waals surface area contributed by atoms with E-state index in [1.165, 1.54) is 0 Å². The van der Waals surface area contributed by atoms with Crippen molar-refractivity contribution < 1.29 is 4.74 Å². The third-order valence-corrected chi connectivity index (χ3v) is 3.46. The van der Waals surface area contributed by atoms with Gasteiger partial charge in [-0.2, -0.15) is 0 Å². The molecule has 4 heteroatoms. The van der Waals surface area contributed by atoms with Gasteiger partial charge in [0.25, 0.3) is 0 Å². The van der Waals surface area contributed by atoms with Gasteiger partial charge < -0.3 is 10.5 Å². The molecule has 0 aromatic carbocycles. The molecule has 0 spiro atoms. The molecule has 2 atom stereocenters. The number of ether oxygens (including phenoxy) is 1. The first-order valence-corrected chi connectivity index (χ1v) is 5.38. The van der Waals surface area contributed by atoms with Crippen LogP contribution in [0.2, 0.25) is 0 Å². The zero-order chi connectivity index (χ0) is 9.31. The van der Waals surface area contributed by atoms with Crippen LogP contribution in [0.5, 0.6) is 0 Å². The summed E-state index contributed by atoms with van der Waals surface area (Å²) >= 11 is 1.64. The van der Waals surface area contributed by atoms with E-state index in [0.29, 0.717) is 0 Å². The fraction of sp³-hybridized carbons (Fsp3) is 0.667. The second kappa shape index (κ2) is 3.36. The molecular formula is C9H14N2OS. The molecule has 3 nitrogen and oxygen atoms in total. The summed E-state index contributed by atoms with van der Waals surface area (Å²) in [6.07, 6.45) is 3.65. The van der Waals surface area contributed by atoms with Crippen LogP contribution in [-0.4, -0.2) is 17.6 Å². The molecule has 1 fully saturated rings. The van der Waals surface area contributed by atoms with Gasteiger partial charge >= 0.3 is 0 Å². The minimum Gasteiger partial charge on any atom is -0.368 e. The minimum atomic E-state index is -0.244. The number of rotatable bonds is 1. The van der Waals surface area contributed by atoms with Crippen molar-refractivity contribution in [3.05, 3.63) is 16.6 Å². The SMILES string of the molecule is CC1(c2nccs2)CC(N)CCO1. The predicted molar refractivity (Wildman–Crippen MR) is 52.6 cm³/mol. The highest BCUT2D eigenvalue weighted by Gasteiger charge is 2.35. The quantitative estimate of drug-likeness (QED) is 0.744. The van der Waals surface area contributed by atoms with E-state index in [4.69, 9.17) is 10.5 Å². The Labute approximate surface area is 81.9 Å². The Balaban J connectivity index is 2.20. The molecule has 1 aromatic rings. The lowest BCUT2D eigenvalue weighted by Crippen LogP contribution is -2.40. The third-order valence-electron chi connectivity index (χ3n) is 2.45. The largest absolute Gasteiger partial charge is 0.368 e. The second-order valence-electron chi connectivity index (χ2n) is 3.67. The van der Waals surface area contributed by atoms with E-state index >= 15 is 0 Å². The molecule has 1 saturated heterocycles. The van der Waals surface area contributed by atoms with Crippen LogP contribution in [-0.2, 0) is 10.3 Å². The first-order chi connectivity index (χ1) is 6.21. The molecule has 0 amide bonds. The standard InChI is InChI=1S/C9H14N2OS/c1-9(8-11-3-5-13-8)6-7(10)2-4-12-9/h3,5,7H,2,4,6,10H2,1H3. The lowest BCUT2D eigenvalue weighted by molar-refractivity contribution is -0.0766. The first kappa shape index (κ1) is 9.12. The summed E-state index contributed by atoms with van der Waals surface area (Å²) < 4.78 is 5.75. The maximum atomic E-state index is 5.91. The van der Waals surface area contributed by atoms with Gasteiger partial charge in [-0.1, -0.05) is 0 Å². The third kappa shape index (κ3) is 1.75. The van der Waals surface area contributed by atoms with Crippen LogP contribution in [0, 0.1) is 0 Å². The van der Waals surface area contributed by atoms with E-state index in [1.807, 2.05) is 11.6 Å². The molecule has 0 bridgehead atoms. The molecule has 0 saturated carbocycles. The molecule has 1 aromatic heterocycles. The number of hydrogen-bond acceptors (Lipinski definition) is 4. The van der Waals surface area contributed by atoms with Gasteiger partial charge in [-0.05, 0) is 19.8 Å². The fourth-order valence-corrected chi connectivity index (χ4v) is 2.49. The first-order valence-electron chi connectivity index (χ1n) is 4.50. The van der Waals surface area contributed by atoms with Crippen LogP contribution in [0.25, 0.3) is 0 Å². The summed E-state index contributed by atoms with van der Waals surface area (Å²) in [6.45, 7) is 2.82. The van der Waals surface area contributed by atoms with Gasteiger partial charge in [0.15, 0.2) is 0 Å². The number of nitrogens with two attached hydrogens (primary N) is 1. The molecule has 72 valence electrons. The molecule has 2 rings (SSSR count). The zero-order valence-electron chi connectivity index (χ0n) is 7.69. The lowest BCUT2D eigenvalue weighted by atomic mass is 9.93. The Bertz CT molecular complexity index is 275. The summed E-state index contributed by atoms with van der Waals surface area (Å²) in [7, 11) is 0. The normalized spacial score (nSPS) is 34.8. The Morgan fingerprint density at radius 3 is 3.23 bits per heavy atom. The highest BCUT2D eigenvalue weighted by Crippen LogP contribution is 2.34. The van der Waals surface area contributed by atoms with Crippen molar-refractivity contribution in [2.75, 3.05) is 6.61 Å². The van der Waals surface area contributed by atoms with Crippen LogP contribution < -0.4 is 5.73 Å². The molecule has 2 heterocycles. The minimum absolute atomic E-state index is 0.244. The van der Waals surface area contributed by atoms with Gasteiger partial charge in [-0.25, -0.2) is 4.98 Å². The van der Waals surface area contributed by atoms with Gasteiger partial charge in [0.1, 0.15) is 10.6 Å². The molecule has 1 aliphatic heterocycles. The summed E-state index contributed by atoms with van der Waals surface area (Å²) in [6, 6.07) is 0.252. The van der Waals surface area contributed by atoms with Crippen LogP contribution in [0.1, 0.15) is 24.8 Å². The molecule has 13 heavy (non-hydrogen) atoms. The molecule has 0 aliphatic carbocycles. The summed E-state index contributed by atoms with van der Waals surface area (Å²) in [5, 5.41) is 3.02. The van der Waals surface area contributed by atoms with E-state index in [2.05, 4.69) is 11.9 Å². The average Bonchev–Trinajstić information content (AvgIpc) is 2.55. The van der Waals surface area contributed by atoms with Crippen LogP contribution in [0.4, 0.5) is 0 Å². The maximum Gasteiger partial charge on any atom is 0.124 e. The highest BCUT2D eigenvalue weighted by molar-refractivity contribution is 7.09. The topological polar surface area (TPSA) is 48.1 Å². The van der Waals surface area contributed by atoms with Crippen molar-refractivity contribution in [1.29, 1.82) is 0 Å². The zero-order valence-corrected chi connectivity index (χ0v) is 8.51.